The maximum atomic E-state index is 14.2. The number of aromatic nitrogens is 1. The largest absolute Gasteiger partial charge is 0.496 e. The fourth-order valence-electron chi connectivity index (χ4n) is 4.99. The van der Waals surface area contributed by atoms with Crippen LogP contribution in [0.5, 0.6) is 11.5 Å². The van der Waals surface area contributed by atoms with Crippen molar-refractivity contribution in [2.24, 2.45) is 4.99 Å². The molecule has 0 fully saturated rings. The number of fused-ring (bicyclic) bond motifs is 1. The Kier molecular flexibility index (Phi) is 9.85. The Bertz CT molecular complexity index is 1880. The Labute approximate surface area is 266 Å². The van der Waals surface area contributed by atoms with Crippen molar-refractivity contribution in [3.8, 4) is 11.5 Å². The number of hydrogen-bond donors (Lipinski definition) is 0. The Morgan fingerprint density at radius 2 is 1.91 bits per heavy atom. The molecule has 7 nitrogen and oxygen atoms in total. The van der Waals surface area contributed by atoms with Gasteiger partial charge in [0.05, 0.1) is 29.5 Å². The van der Waals surface area contributed by atoms with Crippen LogP contribution in [0.15, 0.2) is 92.3 Å². The van der Waals surface area contributed by atoms with Crippen molar-refractivity contribution in [1.29, 1.82) is 0 Å². The minimum atomic E-state index is -0.791. The molecule has 0 amide bonds. The van der Waals surface area contributed by atoms with Gasteiger partial charge in [-0.15, -0.1) is 0 Å². The van der Waals surface area contributed by atoms with Gasteiger partial charge >= 0.3 is 5.97 Å². The molecule has 0 aliphatic carbocycles. The normalized spacial score (nSPS) is 14.7. The molecule has 1 atom stereocenters. The number of allylic oxidation sites excluding steroid dienone is 1. The van der Waals surface area contributed by atoms with E-state index in [1.165, 1.54) is 11.3 Å². The van der Waals surface area contributed by atoms with Gasteiger partial charge in [-0.1, -0.05) is 82.5 Å². The predicted molar refractivity (Wildman–Crippen MR) is 173 cm³/mol. The second kappa shape index (κ2) is 13.8. The number of nitrogens with zero attached hydrogens (tertiary/aromatic N) is 2. The fraction of sp³-hybridized carbons (Fsp3) is 0.242. The number of carbonyl (C=O) groups excluding carboxylic acids is 1. The van der Waals surface area contributed by atoms with Crippen molar-refractivity contribution in [2.45, 2.75) is 39.3 Å². The van der Waals surface area contributed by atoms with Crippen LogP contribution in [0.2, 0.25) is 5.02 Å². The zero-order chi connectivity index (χ0) is 30.5. The molecule has 0 spiro atoms. The molecule has 3 aromatic carbocycles. The first-order valence-corrected chi connectivity index (χ1v) is 15.8. The van der Waals surface area contributed by atoms with Crippen LogP contribution in [-0.4, -0.2) is 24.3 Å². The van der Waals surface area contributed by atoms with Gasteiger partial charge in [0.2, 0.25) is 0 Å². The summed E-state index contributed by atoms with van der Waals surface area (Å²) >= 11 is 11.0. The first kappa shape index (κ1) is 30.8. The van der Waals surface area contributed by atoms with E-state index in [1.807, 2.05) is 73.7 Å². The van der Waals surface area contributed by atoms with E-state index in [0.717, 1.165) is 22.0 Å². The number of benzene rings is 3. The van der Waals surface area contributed by atoms with Crippen molar-refractivity contribution < 1.29 is 19.0 Å². The molecule has 0 saturated heterocycles. The smallest absolute Gasteiger partial charge is 0.338 e. The molecule has 1 aliphatic heterocycles. The predicted octanol–water partition coefficient (Wildman–Crippen LogP) is 6.58. The monoisotopic (exact) mass is 680 g/mol. The van der Waals surface area contributed by atoms with Crippen molar-refractivity contribution in [3.63, 3.8) is 0 Å². The summed E-state index contributed by atoms with van der Waals surface area (Å²) in [5.74, 6) is 0.662. The third-order valence-corrected chi connectivity index (χ3v) is 8.58. The Morgan fingerprint density at radius 1 is 1.09 bits per heavy atom. The molecule has 43 heavy (non-hydrogen) atoms. The molecule has 2 heterocycles. The highest BCUT2D eigenvalue weighted by atomic mass is 79.9. The van der Waals surface area contributed by atoms with Crippen molar-refractivity contribution >= 4 is 50.9 Å². The quantitative estimate of drug-likeness (QED) is 0.177. The average molecular weight is 682 g/mol. The molecular weight excluding hydrogens is 652 g/mol. The van der Waals surface area contributed by atoms with E-state index in [0.29, 0.717) is 55.7 Å². The second-order valence-corrected chi connectivity index (χ2v) is 12.1. The summed E-state index contributed by atoms with van der Waals surface area (Å²) in [7, 11) is 1.57. The lowest BCUT2D eigenvalue weighted by atomic mass is 9.93. The van der Waals surface area contributed by atoms with E-state index < -0.39 is 12.0 Å². The second-order valence-electron chi connectivity index (χ2n) is 9.76. The lowest BCUT2D eigenvalue weighted by Crippen LogP contribution is -2.40. The van der Waals surface area contributed by atoms with Crippen LogP contribution in [0.25, 0.3) is 6.08 Å². The molecule has 222 valence electrons. The van der Waals surface area contributed by atoms with Gasteiger partial charge in [0.1, 0.15) is 24.1 Å². The van der Waals surface area contributed by atoms with Gasteiger partial charge in [-0.05, 0) is 61.4 Å². The number of ether oxygens (including phenoxy) is 3. The molecule has 0 N–H and O–H groups in total. The molecule has 0 bridgehead atoms. The summed E-state index contributed by atoms with van der Waals surface area (Å²) in [6, 6.07) is 19.8. The van der Waals surface area contributed by atoms with Crippen LogP contribution in [0.4, 0.5) is 0 Å². The standard InChI is InChI=1S/C33H30BrClN2O5S/c1-4-9-25-29(32(39)41-5-2)30(24-18-22(34)14-15-27(24)40-3)37-31(38)28(43-33(37)36-25)17-21-11-6-7-13-26(21)42-19-20-10-8-12-23(35)16-20/h6-8,10-18,30H,4-5,9,19H2,1-3H3/b28-17+/t30-/m1/s1. The summed E-state index contributed by atoms with van der Waals surface area (Å²) in [6.45, 7) is 4.29. The van der Waals surface area contributed by atoms with E-state index in [-0.39, 0.29) is 12.2 Å². The highest BCUT2D eigenvalue weighted by Gasteiger charge is 2.36. The van der Waals surface area contributed by atoms with Gasteiger partial charge in [0.25, 0.3) is 5.56 Å². The number of methoxy groups -OCH3 is 1. The van der Waals surface area contributed by atoms with E-state index in [2.05, 4.69) is 15.9 Å². The van der Waals surface area contributed by atoms with Crippen molar-refractivity contribution in [3.05, 3.63) is 124 Å². The van der Waals surface area contributed by atoms with E-state index in [1.54, 1.807) is 24.7 Å². The van der Waals surface area contributed by atoms with Crippen LogP contribution in [-0.2, 0) is 16.1 Å². The van der Waals surface area contributed by atoms with Crippen LogP contribution >= 0.6 is 38.9 Å². The minimum Gasteiger partial charge on any atom is -0.496 e. The van der Waals surface area contributed by atoms with Gasteiger partial charge < -0.3 is 14.2 Å². The zero-order valence-corrected chi connectivity index (χ0v) is 27.1. The van der Waals surface area contributed by atoms with Crippen LogP contribution in [0, 0.1) is 0 Å². The van der Waals surface area contributed by atoms with Crippen LogP contribution in [0.1, 0.15) is 49.4 Å². The topological polar surface area (TPSA) is 79.1 Å². The lowest BCUT2D eigenvalue weighted by molar-refractivity contribution is -0.139. The molecule has 0 radical (unpaired) electrons. The Hall–Kier alpha value is -3.66. The van der Waals surface area contributed by atoms with E-state index >= 15 is 0 Å². The maximum absolute atomic E-state index is 14.2. The lowest BCUT2D eigenvalue weighted by Gasteiger charge is -2.27. The number of esters is 1. The molecule has 5 rings (SSSR count). The molecule has 1 aliphatic rings. The summed E-state index contributed by atoms with van der Waals surface area (Å²) < 4.78 is 20.2. The van der Waals surface area contributed by atoms with Gasteiger partial charge in [-0.25, -0.2) is 9.79 Å². The Morgan fingerprint density at radius 3 is 2.65 bits per heavy atom. The van der Waals surface area contributed by atoms with Crippen molar-refractivity contribution in [2.75, 3.05) is 13.7 Å². The van der Waals surface area contributed by atoms with Gasteiger partial charge in [-0.3, -0.25) is 9.36 Å². The molecule has 0 unspecified atom stereocenters. The van der Waals surface area contributed by atoms with Crippen molar-refractivity contribution in [1.82, 2.24) is 4.57 Å². The summed E-state index contributed by atoms with van der Waals surface area (Å²) in [6.07, 6.45) is 3.11. The van der Waals surface area contributed by atoms with Gasteiger partial charge in [0, 0.05) is 20.6 Å². The Balaban J connectivity index is 1.67. The number of hydrogen-bond acceptors (Lipinski definition) is 7. The van der Waals surface area contributed by atoms with E-state index in [9.17, 15) is 9.59 Å². The zero-order valence-electron chi connectivity index (χ0n) is 23.9. The third-order valence-electron chi connectivity index (χ3n) is 6.87. The number of rotatable bonds is 10. The number of thiazole rings is 1. The average Bonchev–Trinajstić information content (AvgIpc) is 3.30. The third kappa shape index (κ3) is 6.64. The van der Waals surface area contributed by atoms with Gasteiger partial charge in [0.15, 0.2) is 4.80 Å². The first-order valence-electron chi connectivity index (χ1n) is 13.9. The van der Waals surface area contributed by atoms with Gasteiger partial charge in [-0.2, -0.15) is 0 Å². The maximum Gasteiger partial charge on any atom is 0.338 e. The molecular formula is C33H30BrClN2O5S. The van der Waals surface area contributed by atoms with Crippen LogP contribution < -0.4 is 24.4 Å². The highest BCUT2D eigenvalue weighted by molar-refractivity contribution is 9.10. The first-order chi connectivity index (χ1) is 20.8. The van der Waals surface area contributed by atoms with Crippen LogP contribution in [0.3, 0.4) is 0 Å². The summed E-state index contributed by atoms with van der Waals surface area (Å²) in [5.41, 5.74) is 2.99. The molecule has 0 saturated carbocycles. The summed E-state index contributed by atoms with van der Waals surface area (Å²) in [4.78, 5) is 33.0. The highest BCUT2D eigenvalue weighted by Crippen LogP contribution is 2.38. The molecule has 10 heteroatoms. The number of halogens is 2. The summed E-state index contributed by atoms with van der Waals surface area (Å²) in [5, 5.41) is 0.636. The minimum absolute atomic E-state index is 0.195. The molecule has 4 aromatic rings. The fourth-order valence-corrected chi connectivity index (χ4v) is 6.60. The molecule has 1 aromatic heterocycles. The van der Waals surface area contributed by atoms with E-state index in [4.69, 9.17) is 30.8 Å². The number of carbonyl (C=O) groups is 1. The SMILES string of the molecule is CCCC1=C(C(=O)OCC)[C@@H](c2cc(Br)ccc2OC)n2c(s/c(=C/c3ccccc3OCc3cccc(Cl)c3)c2=O)=N1. The number of para-hydroxylation sites is 1.